The third-order valence-electron chi connectivity index (χ3n) is 0.921. The van der Waals surface area contributed by atoms with Crippen molar-refractivity contribution in [2.75, 3.05) is 0 Å². The maximum absolute atomic E-state index is 5.47. The van der Waals surface area contributed by atoms with Gasteiger partial charge in [-0.3, -0.25) is 0 Å². The van der Waals surface area contributed by atoms with Crippen molar-refractivity contribution in [1.82, 2.24) is 5.32 Å². The van der Waals surface area contributed by atoms with Crippen molar-refractivity contribution in [2.45, 2.75) is 0 Å². The van der Waals surface area contributed by atoms with Gasteiger partial charge in [0.2, 0.25) is 0 Å². The zero-order chi connectivity index (χ0) is 6.69. The molecule has 0 aliphatic carbocycles. The van der Waals surface area contributed by atoms with Crippen LogP contribution in [-0.4, -0.2) is 5.29 Å². The van der Waals surface area contributed by atoms with Crippen LogP contribution in [0.1, 0.15) is 0 Å². The van der Waals surface area contributed by atoms with E-state index >= 15 is 0 Å². The lowest BCUT2D eigenvalue weighted by molar-refractivity contribution is 1.12. The Morgan fingerprint density at radius 2 is 2.56 bits per heavy atom. The van der Waals surface area contributed by atoms with Crippen LogP contribution in [0.15, 0.2) is 29.4 Å². The summed E-state index contributed by atoms with van der Waals surface area (Å²) in [6.45, 7) is 5.30. The van der Waals surface area contributed by atoms with E-state index in [1.165, 1.54) is 0 Å². The molecule has 1 aliphatic rings. The minimum absolute atomic E-state index is 0.389. The van der Waals surface area contributed by atoms with Gasteiger partial charge in [-0.15, -0.1) is 0 Å². The number of amidine groups is 1. The predicted octanol–water partition coefficient (Wildman–Crippen LogP) is 1.42. The number of hydrogen-bond donors (Lipinski definition) is 1. The fraction of sp³-hybridized carbons (Fsp3) is 0. The molecular weight excluding hydrogens is 136 g/mol. The summed E-state index contributed by atoms with van der Waals surface area (Å²) in [6, 6.07) is 0. The van der Waals surface area contributed by atoms with Gasteiger partial charge >= 0.3 is 0 Å². The van der Waals surface area contributed by atoms with Crippen molar-refractivity contribution in [3.05, 3.63) is 31.0 Å². The average Bonchev–Trinajstić information content (AvgIpc) is 1.90. The maximum Gasteiger partial charge on any atom is 0.196 e. The van der Waals surface area contributed by atoms with Crippen LogP contribution >= 0.6 is 11.6 Å². The Hall–Kier alpha value is -0.760. The van der Waals surface area contributed by atoms with Gasteiger partial charge in [-0.25, -0.2) is 4.99 Å². The lowest BCUT2D eigenvalue weighted by Crippen LogP contribution is -2.17. The molecule has 1 radical (unpaired) electrons. The Morgan fingerprint density at radius 1 is 1.78 bits per heavy atom. The van der Waals surface area contributed by atoms with Crippen LogP contribution in [0, 0.1) is 6.54 Å². The summed E-state index contributed by atoms with van der Waals surface area (Å²) in [5, 5.41) is 3.12. The Morgan fingerprint density at radius 3 is 3.00 bits per heavy atom. The second kappa shape index (κ2) is 2.69. The van der Waals surface area contributed by atoms with Gasteiger partial charge < -0.3 is 5.32 Å². The molecule has 0 saturated carbocycles. The van der Waals surface area contributed by atoms with E-state index in [9.17, 15) is 0 Å². The van der Waals surface area contributed by atoms with E-state index in [4.69, 9.17) is 11.6 Å². The van der Waals surface area contributed by atoms with Crippen molar-refractivity contribution in [1.29, 1.82) is 0 Å². The number of aliphatic imine (C=N–C) groups is 1. The summed E-state index contributed by atoms with van der Waals surface area (Å²) in [7, 11) is 0. The number of nitrogens with zero attached hydrogens (tertiary/aromatic N) is 1. The molecule has 0 aromatic carbocycles. The lowest BCUT2D eigenvalue weighted by Gasteiger charge is -2.06. The molecule has 1 N–H and O–H groups in total. The van der Waals surface area contributed by atoms with Crippen LogP contribution in [0.5, 0.6) is 0 Å². The average molecular weight is 142 g/mol. The van der Waals surface area contributed by atoms with E-state index in [1.54, 1.807) is 18.8 Å². The van der Waals surface area contributed by atoms with Crippen LogP contribution in [0.3, 0.4) is 0 Å². The first kappa shape index (κ1) is 6.36. The number of hydrogen-bond acceptors (Lipinski definition) is 2. The minimum Gasteiger partial charge on any atom is -0.351 e. The van der Waals surface area contributed by atoms with Crippen molar-refractivity contribution < 1.29 is 0 Å². The highest BCUT2D eigenvalue weighted by molar-refractivity contribution is 6.64. The molecule has 0 atom stereocenters. The highest BCUT2D eigenvalue weighted by atomic mass is 35.5. The molecule has 1 heterocycles. The molecule has 1 aliphatic heterocycles. The maximum atomic E-state index is 5.47. The molecule has 0 aromatic heterocycles. The first-order valence-corrected chi connectivity index (χ1v) is 2.86. The van der Waals surface area contributed by atoms with Gasteiger partial charge in [-0.1, -0.05) is 12.7 Å². The van der Waals surface area contributed by atoms with E-state index in [1.807, 2.05) is 0 Å². The molecule has 0 amide bonds. The predicted molar refractivity (Wildman–Crippen MR) is 39.0 cm³/mol. The number of halogens is 1. The zero-order valence-corrected chi connectivity index (χ0v) is 5.52. The molecule has 0 unspecified atom stereocenters. The Kier molecular flexibility index (Phi) is 1.90. The fourth-order valence-corrected chi connectivity index (χ4v) is 0.564. The van der Waals surface area contributed by atoms with Gasteiger partial charge in [0.25, 0.3) is 0 Å². The van der Waals surface area contributed by atoms with Gasteiger partial charge in [0.15, 0.2) is 5.29 Å². The Balaban J connectivity index is 2.69. The van der Waals surface area contributed by atoms with Gasteiger partial charge in [0.05, 0.1) is 6.54 Å². The van der Waals surface area contributed by atoms with Gasteiger partial charge in [-0.2, -0.15) is 0 Å². The quantitative estimate of drug-likeness (QED) is 0.549. The van der Waals surface area contributed by atoms with Gasteiger partial charge in [-0.05, 0) is 17.2 Å². The molecule has 9 heavy (non-hydrogen) atoms. The van der Waals surface area contributed by atoms with E-state index in [-0.39, 0.29) is 0 Å². The Labute approximate surface area is 58.9 Å². The third kappa shape index (κ3) is 1.57. The van der Waals surface area contributed by atoms with Crippen LogP contribution in [0.2, 0.25) is 0 Å². The first-order chi connectivity index (χ1) is 4.33. The third-order valence-corrected chi connectivity index (χ3v) is 1.13. The van der Waals surface area contributed by atoms with Crippen LogP contribution in [0.25, 0.3) is 0 Å². The summed E-state index contributed by atoms with van der Waals surface area (Å²) < 4.78 is 0. The summed E-state index contributed by atoms with van der Waals surface area (Å²) >= 11 is 5.47. The molecule has 3 heteroatoms. The van der Waals surface area contributed by atoms with Gasteiger partial charge in [0, 0.05) is 6.20 Å². The normalized spacial score (nSPS) is 17.4. The van der Waals surface area contributed by atoms with E-state index in [0.29, 0.717) is 5.29 Å². The Bertz CT molecular complexity index is 181. The molecule has 47 valence electrons. The zero-order valence-electron chi connectivity index (χ0n) is 4.76. The van der Waals surface area contributed by atoms with Crippen molar-refractivity contribution in [2.24, 2.45) is 4.99 Å². The highest BCUT2D eigenvalue weighted by Gasteiger charge is 1.99. The molecule has 0 fully saturated rings. The second-order valence-corrected chi connectivity index (χ2v) is 1.90. The fourth-order valence-electron chi connectivity index (χ4n) is 0.460. The van der Waals surface area contributed by atoms with E-state index < -0.39 is 0 Å². The minimum atomic E-state index is 0.389. The largest absolute Gasteiger partial charge is 0.351 e. The molecule has 0 spiro atoms. The van der Waals surface area contributed by atoms with Crippen LogP contribution in [-0.2, 0) is 0 Å². The molecule has 1 rings (SSSR count). The first-order valence-electron chi connectivity index (χ1n) is 2.48. The lowest BCUT2D eigenvalue weighted by atomic mass is 10.3. The molecular formula is C6H6ClN2. The van der Waals surface area contributed by atoms with Gasteiger partial charge in [0.1, 0.15) is 0 Å². The SMILES string of the molecule is C=CC1=CN=C(Cl)N[CH]1. The molecule has 0 bridgehead atoms. The van der Waals surface area contributed by atoms with Crippen molar-refractivity contribution in [3.8, 4) is 0 Å². The van der Waals surface area contributed by atoms with Crippen molar-refractivity contribution in [3.63, 3.8) is 0 Å². The van der Waals surface area contributed by atoms with E-state index in [0.717, 1.165) is 5.57 Å². The summed E-state index contributed by atoms with van der Waals surface area (Å²) in [5.74, 6) is 0. The molecule has 2 nitrogen and oxygen atoms in total. The summed E-state index contributed by atoms with van der Waals surface area (Å²) in [4.78, 5) is 3.79. The van der Waals surface area contributed by atoms with Crippen LogP contribution in [0.4, 0.5) is 0 Å². The monoisotopic (exact) mass is 141 g/mol. The molecule has 0 aromatic rings. The topological polar surface area (TPSA) is 24.4 Å². The van der Waals surface area contributed by atoms with E-state index in [2.05, 4.69) is 16.9 Å². The molecule has 0 saturated heterocycles. The number of nitrogens with one attached hydrogen (secondary N) is 1. The standard InChI is InChI=1S/C6H6ClN2/c1-2-5-3-8-6(7)9-4-5/h2-4H,1H2,(H,8,9). The highest BCUT2D eigenvalue weighted by Crippen LogP contribution is 2.04. The van der Waals surface area contributed by atoms with Crippen LogP contribution < -0.4 is 5.32 Å². The summed E-state index contributed by atoms with van der Waals surface area (Å²) in [5.41, 5.74) is 0.930. The summed E-state index contributed by atoms with van der Waals surface area (Å²) in [6.07, 6.45) is 3.34. The smallest absolute Gasteiger partial charge is 0.196 e. The number of rotatable bonds is 1. The van der Waals surface area contributed by atoms with Crippen molar-refractivity contribution >= 4 is 16.9 Å². The second-order valence-electron chi connectivity index (χ2n) is 1.54.